The van der Waals surface area contributed by atoms with Gasteiger partial charge in [-0.15, -0.1) is 0 Å². The van der Waals surface area contributed by atoms with Crippen LogP contribution in [0.3, 0.4) is 0 Å². The van der Waals surface area contributed by atoms with Crippen LogP contribution in [-0.4, -0.2) is 24.6 Å². The van der Waals surface area contributed by atoms with Gasteiger partial charge in [0.2, 0.25) is 0 Å². The van der Waals surface area contributed by atoms with Gasteiger partial charge in [0, 0.05) is 12.2 Å². The SMILES string of the molecule is CCCCCCCCCCOC(=O)/C=C/C(=O)OC(CC)C(C)C. The number of unbranched alkanes of at least 4 members (excludes halogenated alkanes) is 7. The maximum absolute atomic E-state index is 11.6. The van der Waals surface area contributed by atoms with Crippen LogP contribution in [0.1, 0.15) is 85.5 Å². The van der Waals surface area contributed by atoms with Crippen molar-refractivity contribution in [1.29, 1.82) is 0 Å². The summed E-state index contributed by atoms with van der Waals surface area (Å²) in [5, 5.41) is 0. The molecule has 1 unspecified atom stereocenters. The third kappa shape index (κ3) is 13.1. The average molecular weight is 341 g/mol. The first-order valence-electron chi connectivity index (χ1n) is 9.56. The van der Waals surface area contributed by atoms with E-state index < -0.39 is 11.9 Å². The molecule has 0 amide bonds. The zero-order valence-corrected chi connectivity index (χ0v) is 16.0. The molecule has 4 heteroatoms. The summed E-state index contributed by atoms with van der Waals surface area (Å²) in [4.78, 5) is 23.2. The van der Waals surface area contributed by atoms with Crippen LogP contribution in [0.25, 0.3) is 0 Å². The highest BCUT2D eigenvalue weighted by molar-refractivity contribution is 5.91. The highest BCUT2D eigenvalue weighted by Crippen LogP contribution is 2.11. The number of ether oxygens (including phenoxy) is 2. The van der Waals surface area contributed by atoms with Gasteiger partial charge in [-0.05, 0) is 18.8 Å². The fraction of sp³-hybridized carbons (Fsp3) is 0.800. The first-order chi connectivity index (χ1) is 11.5. The predicted molar refractivity (Wildman–Crippen MR) is 97.7 cm³/mol. The summed E-state index contributed by atoms with van der Waals surface area (Å²) in [6, 6.07) is 0. The Morgan fingerprint density at radius 1 is 0.833 bits per heavy atom. The van der Waals surface area contributed by atoms with Gasteiger partial charge in [0.15, 0.2) is 0 Å². The molecule has 0 heterocycles. The van der Waals surface area contributed by atoms with Crippen molar-refractivity contribution in [3.8, 4) is 0 Å². The molecule has 0 N–H and O–H groups in total. The molecule has 0 saturated carbocycles. The number of carbonyl (C=O) groups is 2. The number of esters is 2. The lowest BCUT2D eigenvalue weighted by Gasteiger charge is -2.18. The van der Waals surface area contributed by atoms with Gasteiger partial charge in [0.1, 0.15) is 6.10 Å². The molecule has 0 aliphatic heterocycles. The summed E-state index contributed by atoms with van der Waals surface area (Å²) in [6.07, 6.45) is 12.6. The second kappa shape index (κ2) is 15.2. The van der Waals surface area contributed by atoms with Crippen LogP contribution in [0.2, 0.25) is 0 Å². The van der Waals surface area contributed by atoms with E-state index in [9.17, 15) is 9.59 Å². The maximum atomic E-state index is 11.6. The monoisotopic (exact) mass is 340 g/mol. The molecular formula is C20H36O4. The van der Waals surface area contributed by atoms with Gasteiger partial charge in [-0.25, -0.2) is 9.59 Å². The minimum Gasteiger partial charge on any atom is -0.463 e. The first-order valence-corrected chi connectivity index (χ1v) is 9.56. The average Bonchev–Trinajstić information content (AvgIpc) is 2.56. The van der Waals surface area contributed by atoms with Gasteiger partial charge < -0.3 is 9.47 Å². The Morgan fingerprint density at radius 2 is 1.38 bits per heavy atom. The molecular weight excluding hydrogens is 304 g/mol. The van der Waals surface area contributed by atoms with Crippen molar-refractivity contribution >= 4 is 11.9 Å². The summed E-state index contributed by atoms with van der Waals surface area (Å²) in [7, 11) is 0. The van der Waals surface area contributed by atoms with E-state index in [0.29, 0.717) is 6.61 Å². The Hall–Kier alpha value is -1.32. The Kier molecular flexibility index (Phi) is 14.4. The Morgan fingerprint density at radius 3 is 1.92 bits per heavy atom. The molecule has 0 saturated heterocycles. The highest BCUT2D eigenvalue weighted by Gasteiger charge is 2.14. The standard InChI is InChI=1S/C20H36O4/c1-5-7-8-9-10-11-12-13-16-23-19(21)14-15-20(22)24-18(6-2)17(3)4/h14-15,17-18H,5-13,16H2,1-4H3/b15-14+. The van der Waals surface area contributed by atoms with Gasteiger partial charge in [-0.2, -0.15) is 0 Å². The van der Waals surface area contributed by atoms with Crippen molar-refractivity contribution in [2.45, 2.75) is 91.6 Å². The maximum Gasteiger partial charge on any atom is 0.331 e. The quantitative estimate of drug-likeness (QED) is 0.248. The largest absolute Gasteiger partial charge is 0.463 e. The Balaban J connectivity index is 3.69. The van der Waals surface area contributed by atoms with Crippen LogP contribution < -0.4 is 0 Å². The summed E-state index contributed by atoms with van der Waals surface area (Å²) in [5.74, 6) is -0.701. The van der Waals surface area contributed by atoms with E-state index in [1.165, 1.54) is 38.5 Å². The van der Waals surface area contributed by atoms with E-state index in [1.54, 1.807) is 0 Å². The zero-order valence-electron chi connectivity index (χ0n) is 16.0. The van der Waals surface area contributed by atoms with Crippen molar-refractivity contribution in [2.75, 3.05) is 6.61 Å². The van der Waals surface area contributed by atoms with Gasteiger partial charge in [-0.3, -0.25) is 0 Å². The Labute approximate surface area is 148 Å². The van der Waals surface area contributed by atoms with Crippen molar-refractivity contribution in [3.05, 3.63) is 12.2 Å². The molecule has 1 atom stereocenters. The van der Waals surface area contributed by atoms with E-state index in [-0.39, 0.29) is 12.0 Å². The second-order valence-corrected chi connectivity index (χ2v) is 6.60. The smallest absolute Gasteiger partial charge is 0.331 e. The van der Waals surface area contributed by atoms with Crippen molar-refractivity contribution < 1.29 is 19.1 Å². The van der Waals surface area contributed by atoms with Gasteiger partial charge in [-0.1, -0.05) is 72.6 Å². The van der Waals surface area contributed by atoms with Crippen LogP contribution in [-0.2, 0) is 19.1 Å². The van der Waals surface area contributed by atoms with E-state index in [4.69, 9.17) is 9.47 Å². The lowest BCUT2D eigenvalue weighted by Crippen LogP contribution is -2.21. The Bertz CT molecular complexity index is 361. The van der Waals surface area contributed by atoms with Crippen molar-refractivity contribution in [2.24, 2.45) is 5.92 Å². The lowest BCUT2D eigenvalue weighted by molar-refractivity contribution is -0.146. The lowest BCUT2D eigenvalue weighted by atomic mass is 10.1. The molecule has 0 aromatic rings. The minimum absolute atomic E-state index is 0.115. The van der Waals surface area contributed by atoms with E-state index in [0.717, 1.165) is 31.4 Å². The number of hydrogen-bond donors (Lipinski definition) is 0. The summed E-state index contributed by atoms with van der Waals surface area (Å²) >= 11 is 0. The first kappa shape index (κ1) is 22.7. The fourth-order valence-electron chi connectivity index (χ4n) is 2.47. The second-order valence-electron chi connectivity index (χ2n) is 6.60. The molecule has 4 nitrogen and oxygen atoms in total. The van der Waals surface area contributed by atoms with Crippen molar-refractivity contribution in [1.82, 2.24) is 0 Å². The molecule has 0 aliphatic rings. The van der Waals surface area contributed by atoms with Crippen LogP contribution in [0.15, 0.2) is 12.2 Å². The number of rotatable bonds is 14. The van der Waals surface area contributed by atoms with Crippen LogP contribution >= 0.6 is 0 Å². The van der Waals surface area contributed by atoms with Gasteiger partial charge >= 0.3 is 11.9 Å². The minimum atomic E-state index is -0.487. The summed E-state index contributed by atoms with van der Waals surface area (Å²) in [5.41, 5.74) is 0. The third-order valence-corrected chi connectivity index (χ3v) is 4.01. The van der Waals surface area contributed by atoms with Crippen LogP contribution in [0, 0.1) is 5.92 Å². The van der Waals surface area contributed by atoms with E-state index in [2.05, 4.69) is 6.92 Å². The normalized spacial score (nSPS) is 12.5. The number of hydrogen-bond acceptors (Lipinski definition) is 4. The zero-order chi connectivity index (χ0) is 18.2. The molecule has 0 spiro atoms. The molecule has 0 bridgehead atoms. The molecule has 0 aromatic carbocycles. The predicted octanol–water partition coefficient (Wildman–Crippen LogP) is 5.20. The van der Waals surface area contributed by atoms with Crippen LogP contribution in [0.4, 0.5) is 0 Å². The van der Waals surface area contributed by atoms with Crippen molar-refractivity contribution in [3.63, 3.8) is 0 Å². The molecule has 0 fully saturated rings. The molecule has 0 aromatic heterocycles. The third-order valence-electron chi connectivity index (χ3n) is 4.01. The number of carbonyl (C=O) groups excluding carboxylic acids is 2. The van der Waals surface area contributed by atoms with E-state index >= 15 is 0 Å². The fourth-order valence-corrected chi connectivity index (χ4v) is 2.47. The molecule has 0 radical (unpaired) electrons. The highest BCUT2D eigenvalue weighted by atomic mass is 16.5. The van der Waals surface area contributed by atoms with E-state index in [1.807, 2.05) is 20.8 Å². The summed E-state index contributed by atoms with van der Waals surface area (Å²) in [6.45, 7) is 8.61. The topological polar surface area (TPSA) is 52.6 Å². The van der Waals surface area contributed by atoms with Gasteiger partial charge in [0.05, 0.1) is 6.61 Å². The molecule has 0 aliphatic carbocycles. The molecule has 0 rings (SSSR count). The van der Waals surface area contributed by atoms with Gasteiger partial charge in [0.25, 0.3) is 0 Å². The van der Waals surface area contributed by atoms with Crippen LogP contribution in [0.5, 0.6) is 0 Å². The molecule has 24 heavy (non-hydrogen) atoms. The summed E-state index contributed by atoms with van der Waals surface area (Å²) < 4.78 is 10.4. The molecule has 140 valence electrons.